The lowest BCUT2D eigenvalue weighted by molar-refractivity contribution is -0.133. The normalized spacial score (nSPS) is 18.5. The highest BCUT2D eigenvalue weighted by molar-refractivity contribution is 5.95. The van der Waals surface area contributed by atoms with Crippen molar-refractivity contribution in [3.05, 3.63) is 60.2 Å². The molecule has 0 bridgehead atoms. The second kappa shape index (κ2) is 9.30. The van der Waals surface area contributed by atoms with Crippen molar-refractivity contribution in [1.82, 2.24) is 9.80 Å². The van der Waals surface area contributed by atoms with Gasteiger partial charge < -0.3 is 15.1 Å². The fourth-order valence-electron chi connectivity index (χ4n) is 4.24. The van der Waals surface area contributed by atoms with E-state index in [1.807, 2.05) is 47.1 Å². The number of rotatable bonds is 6. The first-order chi connectivity index (χ1) is 14.6. The first kappa shape index (κ1) is 20.4. The number of carbonyl (C=O) groups is 2. The summed E-state index contributed by atoms with van der Waals surface area (Å²) >= 11 is 0. The topological polar surface area (TPSA) is 55.9 Å². The zero-order valence-corrected chi connectivity index (χ0v) is 17.6. The van der Waals surface area contributed by atoms with Crippen molar-refractivity contribution in [3.8, 4) is 0 Å². The van der Waals surface area contributed by atoms with Crippen molar-refractivity contribution in [2.45, 2.75) is 32.4 Å². The molecule has 0 unspecified atom stereocenters. The number of anilines is 2. The maximum Gasteiger partial charge on any atom is 0.244 e. The molecule has 2 aromatic rings. The Morgan fingerprint density at radius 1 is 1.00 bits per heavy atom. The quantitative estimate of drug-likeness (QED) is 0.801. The fourth-order valence-corrected chi connectivity index (χ4v) is 4.24. The SMILES string of the molecule is C[C@H](Nc1cccc(N2CCCC2=O)c1)C(=O)N1CCN(Cc2ccccc2)CC1. The third-order valence-corrected chi connectivity index (χ3v) is 5.92. The smallest absolute Gasteiger partial charge is 0.244 e. The van der Waals surface area contributed by atoms with Gasteiger partial charge in [0, 0.05) is 57.1 Å². The van der Waals surface area contributed by atoms with E-state index in [0.717, 1.165) is 57.1 Å². The molecule has 0 aromatic heterocycles. The van der Waals surface area contributed by atoms with Crippen LogP contribution in [-0.4, -0.2) is 60.4 Å². The number of hydrogen-bond acceptors (Lipinski definition) is 4. The molecule has 0 radical (unpaired) electrons. The summed E-state index contributed by atoms with van der Waals surface area (Å²) in [6, 6.07) is 17.9. The Morgan fingerprint density at radius 2 is 1.77 bits per heavy atom. The number of amides is 2. The van der Waals surface area contributed by atoms with Gasteiger partial charge in [0.1, 0.15) is 6.04 Å². The van der Waals surface area contributed by atoms with Crippen molar-refractivity contribution < 1.29 is 9.59 Å². The summed E-state index contributed by atoms with van der Waals surface area (Å²) in [5.74, 6) is 0.293. The lowest BCUT2D eigenvalue weighted by atomic mass is 10.2. The van der Waals surface area contributed by atoms with Gasteiger partial charge in [-0.2, -0.15) is 0 Å². The van der Waals surface area contributed by atoms with E-state index in [-0.39, 0.29) is 17.9 Å². The summed E-state index contributed by atoms with van der Waals surface area (Å²) in [7, 11) is 0. The summed E-state index contributed by atoms with van der Waals surface area (Å²) in [4.78, 5) is 31.1. The van der Waals surface area contributed by atoms with E-state index in [4.69, 9.17) is 0 Å². The zero-order valence-electron chi connectivity index (χ0n) is 17.6. The third kappa shape index (κ3) is 4.82. The van der Waals surface area contributed by atoms with Gasteiger partial charge in [-0.15, -0.1) is 0 Å². The predicted octanol–water partition coefficient (Wildman–Crippen LogP) is 2.96. The summed E-state index contributed by atoms with van der Waals surface area (Å²) < 4.78 is 0. The van der Waals surface area contributed by atoms with Crippen molar-refractivity contribution in [1.29, 1.82) is 0 Å². The number of piperazine rings is 1. The zero-order chi connectivity index (χ0) is 20.9. The molecule has 30 heavy (non-hydrogen) atoms. The van der Waals surface area contributed by atoms with Crippen LogP contribution in [0, 0.1) is 0 Å². The first-order valence-corrected chi connectivity index (χ1v) is 10.8. The number of hydrogen-bond donors (Lipinski definition) is 1. The number of benzene rings is 2. The van der Waals surface area contributed by atoms with Gasteiger partial charge in [0.2, 0.25) is 11.8 Å². The molecule has 2 saturated heterocycles. The van der Waals surface area contributed by atoms with Crippen molar-refractivity contribution in [3.63, 3.8) is 0 Å². The van der Waals surface area contributed by atoms with E-state index in [2.05, 4.69) is 34.5 Å². The molecule has 2 aliphatic rings. The van der Waals surface area contributed by atoms with Crippen molar-refractivity contribution >= 4 is 23.2 Å². The van der Waals surface area contributed by atoms with Gasteiger partial charge in [-0.1, -0.05) is 36.4 Å². The molecular weight excluding hydrogens is 376 g/mol. The van der Waals surface area contributed by atoms with E-state index in [0.29, 0.717) is 6.42 Å². The maximum absolute atomic E-state index is 12.9. The van der Waals surface area contributed by atoms with Crippen molar-refractivity contribution in [2.24, 2.45) is 0 Å². The Kier molecular flexibility index (Phi) is 6.33. The summed E-state index contributed by atoms with van der Waals surface area (Å²) in [5, 5.41) is 3.33. The minimum absolute atomic E-state index is 0.122. The molecule has 0 aliphatic carbocycles. The predicted molar refractivity (Wildman–Crippen MR) is 119 cm³/mol. The fraction of sp³-hybridized carbons (Fsp3) is 0.417. The van der Waals surface area contributed by atoms with Crippen LogP contribution in [0.2, 0.25) is 0 Å². The molecule has 4 rings (SSSR count). The van der Waals surface area contributed by atoms with Crippen LogP contribution in [0.3, 0.4) is 0 Å². The lowest BCUT2D eigenvalue weighted by Gasteiger charge is -2.36. The minimum atomic E-state index is -0.310. The van der Waals surface area contributed by atoms with E-state index >= 15 is 0 Å². The van der Waals surface area contributed by atoms with Crippen LogP contribution in [-0.2, 0) is 16.1 Å². The molecule has 2 amide bonds. The monoisotopic (exact) mass is 406 g/mol. The average Bonchev–Trinajstić information content (AvgIpc) is 3.20. The van der Waals surface area contributed by atoms with Crippen LogP contribution in [0.4, 0.5) is 11.4 Å². The van der Waals surface area contributed by atoms with Crippen LogP contribution in [0.5, 0.6) is 0 Å². The van der Waals surface area contributed by atoms with Crippen LogP contribution in [0.15, 0.2) is 54.6 Å². The second-order valence-electron chi connectivity index (χ2n) is 8.15. The van der Waals surface area contributed by atoms with Gasteiger partial charge in [0.05, 0.1) is 0 Å². The summed E-state index contributed by atoms with van der Waals surface area (Å²) in [6.45, 7) is 6.88. The summed E-state index contributed by atoms with van der Waals surface area (Å²) in [5.41, 5.74) is 3.08. The van der Waals surface area contributed by atoms with E-state index in [9.17, 15) is 9.59 Å². The van der Waals surface area contributed by atoms with Gasteiger partial charge in [-0.25, -0.2) is 0 Å². The third-order valence-electron chi connectivity index (χ3n) is 5.92. The lowest BCUT2D eigenvalue weighted by Crippen LogP contribution is -2.51. The largest absolute Gasteiger partial charge is 0.374 e. The Balaban J connectivity index is 1.30. The molecule has 2 fully saturated rings. The Labute approximate surface area is 178 Å². The van der Waals surface area contributed by atoms with Crippen LogP contribution < -0.4 is 10.2 Å². The molecule has 2 aliphatic heterocycles. The van der Waals surface area contributed by atoms with E-state index in [1.54, 1.807) is 0 Å². The van der Waals surface area contributed by atoms with Crippen LogP contribution in [0.1, 0.15) is 25.3 Å². The molecule has 1 atom stereocenters. The average molecular weight is 407 g/mol. The van der Waals surface area contributed by atoms with Gasteiger partial charge in [-0.3, -0.25) is 14.5 Å². The van der Waals surface area contributed by atoms with E-state index in [1.165, 1.54) is 5.56 Å². The first-order valence-electron chi connectivity index (χ1n) is 10.8. The van der Waals surface area contributed by atoms with Gasteiger partial charge in [-0.05, 0) is 37.1 Å². The highest BCUT2D eigenvalue weighted by atomic mass is 16.2. The molecule has 1 N–H and O–H groups in total. The van der Waals surface area contributed by atoms with Gasteiger partial charge in [0.25, 0.3) is 0 Å². The van der Waals surface area contributed by atoms with Gasteiger partial charge in [0.15, 0.2) is 0 Å². The van der Waals surface area contributed by atoms with Crippen molar-refractivity contribution in [2.75, 3.05) is 42.9 Å². The van der Waals surface area contributed by atoms with E-state index < -0.39 is 0 Å². The molecule has 0 saturated carbocycles. The molecular formula is C24H30N4O2. The Morgan fingerprint density at radius 3 is 2.47 bits per heavy atom. The summed E-state index contributed by atoms with van der Waals surface area (Å²) in [6.07, 6.45) is 1.52. The minimum Gasteiger partial charge on any atom is -0.374 e. The maximum atomic E-state index is 12.9. The van der Waals surface area contributed by atoms with Crippen LogP contribution >= 0.6 is 0 Å². The number of carbonyl (C=O) groups excluding carboxylic acids is 2. The number of nitrogens with zero attached hydrogens (tertiary/aromatic N) is 3. The molecule has 158 valence electrons. The standard InChI is InChI=1S/C24H30N4O2/c1-19(25-21-9-5-10-22(17-21)28-12-6-11-23(28)29)24(30)27-15-13-26(14-16-27)18-20-7-3-2-4-8-20/h2-5,7-10,17,19,25H,6,11-16,18H2,1H3/t19-/m0/s1. The Hall–Kier alpha value is -2.86. The highest BCUT2D eigenvalue weighted by Gasteiger charge is 2.26. The Bertz CT molecular complexity index is 878. The molecule has 6 nitrogen and oxygen atoms in total. The molecule has 0 spiro atoms. The number of nitrogens with one attached hydrogen (secondary N) is 1. The second-order valence-corrected chi connectivity index (χ2v) is 8.15. The molecule has 2 heterocycles. The van der Waals surface area contributed by atoms with Crippen LogP contribution in [0.25, 0.3) is 0 Å². The molecule has 2 aromatic carbocycles. The highest BCUT2D eigenvalue weighted by Crippen LogP contribution is 2.24. The van der Waals surface area contributed by atoms with Gasteiger partial charge >= 0.3 is 0 Å². The molecule has 6 heteroatoms.